The van der Waals surface area contributed by atoms with Crippen molar-refractivity contribution in [1.82, 2.24) is 19.7 Å². The Bertz CT molecular complexity index is 890. The Morgan fingerprint density at radius 2 is 1.96 bits per heavy atom. The van der Waals surface area contributed by atoms with Gasteiger partial charge in [-0.15, -0.1) is 0 Å². The molecule has 1 aromatic carbocycles. The van der Waals surface area contributed by atoms with Crippen LogP contribution in [0, 0.1) is 0 Å². The van der Waals surface area contributed by atoms with Crippen LogP contribution in [0.5, 0.6) is 0 Å². The predicted octanol–water partition coefficient (Wildman–Crippen LogP) is 0.225. The number of aliphatic hydroxyl groups is 1. The average molecular weight is 374 g/mol. The number of hydrogen-bond donors (Lipinski definition) is 2. The zero-order valence-corrected chi connectivity index (χ0v) is 15.2. The van der Waals surface area contributed by atoms with Crippen molar-refractivity contribution in [2.45, 2.75) is 6.54 Å². The molecule has 136 valence electrons. The van der Waals surface area contributed by atoms with Gasteiger partial charge in [0.05, 0.1) is 50.9 Å². The molecule has 7 nitrogen and oxygen atoms in total. The second kappa shape index (κ2) is 7.57. The largest absolute Gasteiger partial charge is 0.391 e. The fraction of sp³-hybridized carbons (Fsp3) is 0.389. The third kappa shape index (κ3) is 3.38. The summed E-state index contributed by atoms with van der Waals surface area (Å²) in [6.07, 6.45) is 3.45. The highest BCUT2D eigenvalue weighted by atomic mass is 35.5. The first-order valence-electron chi connectivity index (χ1n) is 8.85. The van der Waals surface area contributed by atoms with E-state index in [4.69, 9.17) is 16.7 Å². The van der Waals surface area contributed by atoms with E-state index in [2.05, 4.69) is 20.0 Å². The molecular formula is C18H22ClN6O+. The molecule has 1 saturated heterocycles. The normalized spacial score (nSPS) is 15.7. The third-order valence-corrected chi connectivity index (χ3v) is 5.29. The maximum atomic E-state index is 9.11. The number of hydrogen-bond acceptors (Lipinski definition) is 5. The zero-order chi connectivity index (χ0) is 17.9. The van der Waals surface area contributed by atoms with Gasteiger partial charge in [0.15, 0.2) is 5.65 Å². The van der Waals surface area contributed by atoms with Crippen molar-refractivity contribution in [1.29, 1.82) is 0 Å². The highest BCUT2D eigenvalue weighted by molar-refractivity contribution is 6.31. The summed E-state index contributed by atoms with van der Waals surface area (Å²) in [6, 6.07) is 7.78. The summed E-state index contributed by atoms with van der Waals surface area (Å²) in [7, 11) is 0. The number of quaternary nitrogens is 1. The molecule has 0 radical (unpaired) electrons. The van der Waals surface area contributed by atoms with Gasteiger partial charge in [0.25, 0.3) is 0 Å². The quantitative estimate of drug-likeness (QED) is 0.669. The second-order valence-corrected chi connectivity index (χ2v) is 6.95. The molecule has 0 aliphatic carbocycles. The Balaban J connectivity index is 1.59. The molecule has 0 amide bonds. The summed E-state index contributed by atoms with van der Waals surface area (Å²) in [6.45, 7) is 5.45. The van der Waals surface area contributed by atoms with Crippen LogP contribution in [0.4, 0.5) is 5.82 Å². The van der Waals surface area contributed by atoms with E-state index in [0.29, 0.717) is 6.54 Å². The van der Waals surface area contributed by atoms with Crippen molar-refractivity contribution < 1.29 is 10.0 Å². The van der Waals surface area contributed by atoms with E-state index in [1.807, 2.05) is 35.1 Å². The van der Waals surface area contributed by atoms with Crippen LogP contribution in [-0.4, -0.2) is 64.2 Å². The smallest absolute Gasteiger partial charge is 0.163 e. The van der Waals surface area contributed by atoms with Gasteiger partial charge in [-0.2, -0.15) is 5.10 Å². The van der Waals surface area contributed by atoms with E-state index in [9.17, 15) is 0 Å². The molecule has 0 spiro atoms. The summed E-state index contributed by atoms with van der Waals surface area (Å²) in [5.74, 6) is 0.934. The van der Waals surface area contributed by atoms with Crippen LogP contribution < -0.4 is 9.80 Å². The Hall–Kier alpha value is -2.22. The maximum absolute atomic E-state index is 9.11. The monoisotopic (exact) mass is 373 g/mol. The molecule has 1 fully saturated rings. The van der Waals surface area contributed by atoms with Crippen molar-refractivity contribution in [3.8, 4) is 0 Å². The van der Waals surface area contributed by atoms with Gasteiger partial charge >= 0.3 is 0 Å². The minimum absolute atomic E-state index is 0.238. The molecule has 2 aromatic heterocycles. The Morgan fingerprint density at radius 3 is 2.73 bits per heavy atom. The number of piperazine rings is 1. The van der Waals surface area contributed by atoms with Crippen molar-refractivity contribution in [3.05, 3.63) is 47.4 Å². The lowest BCUT2D eigenvalue weighted by atomic mass is 10.2. The van der Waals surface area contributed by atoms with Crippen LogP contribution in [0.3, 0.4) is 0 Å². The molecular weight excluding hydrogens is 352 g/mol. The summed E-state index contributed by atoms with van der Waals surface area (Å²) in [5.41, 5.74) is 1.83. The predicted molar refractivity (Wildman–Crippen MR) is 101 cm³/mol. The van der Waals surface area contributed by atoms with Gasteiger partial charge < -0.3 is 14.9 Å². The van der Waals surface area contributed by atoms with E-state index in [0.717, 1.165) is 60.2 Å². The first-order valence-corrected chi connectivity index (χ1v) is 9.23. The number of halogens is 1. The van der Waals surface area contributed by atoms with Crippen LogP contribution in [-0.2, 0) is 6.54 Å². The van der Waals surface area contributed by atoms with Gasteiger partial charge in [-0.1, -0.05) is 29.8 Å². The molecule has 1 aliphatic rings. The molecule has 3 heterocycles. The summed E-state index contributed by atoms with van der Waals surface area (Å²) >= 11 is 6.28. The molecule has 0 atom stereocenters. The van der Waals surface area contributed by atoms with E-state index in [1.54, 1.807) is 6.33 Å². The number of aromatic nitrogens is 4. The summed E-state index contributed by atoms with van der Waals surface area (Å²) in [5, 5.41) is 15.3. The molecule has 0 saturated carbocycles. The standard InChI is InChI=1S/C18H21ClN6O/c19-16-4-2-1-3-14(16)12-25-18-15(11-22-25)17(20-13-21-18)24-7-5-23(6-8-24)9-10-26/h1-4,11,13,26H,5-10,12H2/p+1. The molecule has 8 heteroatoms. The fourth-order valence-corrected chi connectivity index (χ4v) is 3.67. The van der Waals surface area contributed by atoms with Gasteiger partial charge in [0.2, 0.25) is 0 Å². The highest BCUT2D eigenvalue weighted by Crippen LogP contribution is 2.24. The van der Waals surface area contributed by atoms with Gasteiger partial charge in [0, 0.05) is 5.02 Å². The lowest BCUT2D eigenvalue weighted by molar-refractivity contribution is -0.900. The van der Waals surface area contributed by atoms with Gasteiger partial charge in [0.1, 0.15) is 18.7 Å². The first-order chi connectivity index (χ1) is 12.8. The van der Waals surface area contributed by atoms with Gasteiger partial charge in [-0.3, -0.25) is 0 Å². The molecule has 0 unspecified atom stereocenters. The molecule has 1 aliphatic heterocycles. The number of aliphatic hydroxyl groups excluding tert-OH is 1. The SMILES string of the molecule is OCC[NH+]1CCN(c2ncnc3c2cnn3Cc2ccccc2Cl)CC1. The lowest BCUT2D eigenvalue weighted by Gasteiger charge is -2.32. The number of anilines is 1. The van der Waals surface area contributed by atoms with Crippen LogP contribution in [0.15, 0.2) is 36.8 Å². The van der Waals surface area contributed by atoms with E-state index < -0.39 is 0 Å². The second-order valence-electron chi connectivity index (χ2n) is 6.54. The van der Waals surface area contributed by atoms with E-state index in [1.165, 1.54) is 4.90 Å². The van der Waals surface area contributed by atoms with Crippen molar-refractivity contribution in [2.75, 3.05) is 44.2 Å². The lowest BCUT2D eigenvalue weighted by Crippen LogP contribution is -3.15. The van der Waals surface area contributed by atoms with E-state index in [-0.39, 0.29) is 6.61 Å². The van der Waals surface area contributed by atoms with Crippen LogP contribution in [0.25, 0.3) is 11.0 Å². The van der Waals surface area contributed by atoms with Crippen LogP contribution in [0.2, 0.25) is 5.02 Å². The number of rotatable bonds is 5. The highest BCUT2D eigenvalue weighted by Gasteiger charge is 2.23. The number of benzene rings is 1. The van der Waals surface area contributed by atoms with Crippen molar-refractivity contribution in [3.63, 3.8) is 0 Å². The van der Waals surface area contributed by atoms with Gasteiger partial charge in [-0.05, 0) is 11.6 Å². The fourth-order valence-electron chi connectivity index (χ4n) is 3.48. The first kappa shape index (κ1) is 17.2. The average Bonchev–Trinajstić information content (AvgIpc) is 3.08. The maximum Gasteiger partial charge on any atom is 0.163 e. The summed E-state index contributed by atoms with van der Waals surface area (Å²) in [4.78, 5) is 12.7. The molecule has 2 N–H and O–H groups in total. The van der Waals surface area contributed by atoms with Crippen LogP contribution >= 0.6 is 11.6 Å². The minimum atomic E-state index is 0.238. The van der Waals surface area contributed by atoms with Gasteiger partial charge in [-0.25, -0.2) is 14.6 Å². The number of nitrogens with zero attached hydrogens (tertiary/aromatic N) is 5. The molecule has 4 rings (SSSR count). The number of nitrogens with one attached hydrogen (secondary N) is 1. The number of fused-ring (bicyclic) bond motifs is 1. The van der Waals surface area contributed by atoms with Crippen molar-refractivity contribution >= 4 is 28.5 Å². The molecule has 0 bridgehead atoms. The van der Waals surface area contributed by atoms with Crippen LogP contribution in [0.1, 0.15) is 5.56 Å². The zero-order valence-electron chi connectivity index (χ0n) is 14.5. The topological polar surface area (TPSA) is 71.5 Å². The van der Waals surface area contributed by atoms with Crippen molar-refractivity contribution in [2.24, 2.45) is 0 Å². The Morgan fingerprint density at radius 1 is 1.15 bits per heavy atom. The molecule has 3 aromatic rings. The summed E-state index contributed by atoms with van der Waals surface area (Å²) < 4.78 is 1.87. The molecule has 26 heavy (non-hydrogen) atoms. The third-order valence-electron chi connectivity index (χ3n) is 4.93. The minimum Gasteiger partial charge on any atom is -0.391 e. The Kier molecular flexibility index (Phi) is 5.01. The van der Waals surface area contributed by atoms with E-state index >= 15 is 0 Å². The Labute approximate surface area is 156 Å².